The number of ether oxygens (including phenoxy) is 4. The fraction of sp³-hybridized carbons (Fsp3) is 0.943. The highest BCUT2D eigenvalue weighted by atomic mass is 31.2. The Morgan fingerprint density at radius 1 is 0.326 bits per heavy atom. The highest BCUT2D eigenvalue weighted by molar-refractivity contribution is 7.47. The number of phosphoric acid groups is 2. The van der Waals surface area contributed by atoms with Crippen molar-refractivity contribution in [2.45, 2.75) is 374 Å². The van der Waals surface area contributed by atoms with Gasteiger partial charge in [-0.2, -0.15) is 0 Å². The average molecular weight is 1310 g/mol. The molecule has 3 N–H and O–H groups in total. The molecular weight excluding hydrogens is 1170 g/mol. The predicted molar refractivity (Wildman–Crippen MR) is 358 cm³/mol. The first-order valence-corrected chi connectivity index (χ1v) is 39.5. The second-order valence-corrected chi connectivity index (χ2v) is 28.9. The quantitative estimate of drug-likeness (QED) is 0.0222. The molecule has 0 spiro atoms. The molecule has 89 heavy (non-hydrogen) atoms. The normalized spacial score (nSPS) is 14.4. The second kappa shape index (κ2) is 62.2. The molecule has 0 aromatic carbocycles. The van der Waals surface area contributed by atoms with Gasteiger partial charge in [-0.25, -0.2) is 9.13 Å². The van der Waals surface area contributed by atoms with Gasteiger partial charge in [0.05, 0.1) is 26.4 Å². The third-order valence-electron chi connectivity index (χ3n) is 16.6. The van der Waals surface area contributed by atoms with Crippen molar-refractivity contribution < 1.29 is 80.2 Å². The van der Waals surface area contributed by atoms with Crippen LogP contribution >= 0.6 is 15.6 Å². The van der Waals surface area contributed by atoms with E-state index in [1.165, 1.54) is 167 Å². The molecule has 0 fully saturated rings. The second-order valence-electron chi connectivity index (χ2n) is 26.0. The monoisotopic (exact) mass is 1310 g/mol. The van der Waals surface area contributed by atoms with Crippen LogP contribution in [0.15, 0.2) is 0 Å². The standard InChI is InChI=1S/C70H136O17P2/c1-7-10-12-14-15-16-23-31-36-42-48-54-69(74)86-65(58-80-67(72)52-46-38-13-11-8-2)60-84-88(76,77)82-56-64(71)57-83-89(78,79)85-61-66(59-81-68(73)53-47-41-35-30-26-22-21-24-28-33-39-44-50-62(4)5)87-70(75)55-49-43-37-32-27-20-18-17-19-25-29-34-40-45-51-63(6)9-3/h62-66,71H,7-61H2,1-6H3,(H,76,77)(H,78,79)/t63?,64-,65+,66+/m0/s1. The summed E-state index contributed by atoms with van der Waals surface area (Å²) in [6.07, 6.45) is 47.4. The van der Waals surface area contributed by atoms with Crippen LogP contribution in [0.4, 0.5) is 0 Å². The first kappa shape index (κ1) is 87.1. The molecule has 0 aliphatic carbocycles. The molecule has 0 saturated carbocycles. The van der Waals surface area contributed by atoms with Crippen LogP contribution in [0.1, 0.15) is 356 Å². The summed E-state index contributed by atoms with van der Waals surface area (Å²) < 4.78 is 68.1. The minimum Gasteiger partial charge on any atom is -0.462 e. The van der Waals surface area contributed by atoms with Gasteiger partial charge >= 0.3 is 39.5 Å². The largest absolute Gasteiger partial charge is 0.472 e. The topological polar surface area (TPSA) is 237 Å². The number of carbonyl (C=O) groups is 4. The SMILES string of the molecule is CCCCCCCCCCCCCC(=O)O[C@H](COC(=O)CCCCCCC)COP(=O)(O)OC[C@H](O)COP(=O)(O)OC[C@@H](COC(=O)CCCCCCCCCCCCCCC(C)C)OC(=O)CCCCCCCCCCCCCCCCC(C)CC. The molecule has 0 aliphatic heterocycles. The van der Waals surface area contributed by atoms with Crippen LogP contribution in [0.25, 0.3) is 0 Å². The van der Waals surface area contributed by atoms with Gasteiger partial charge < -0.3 is 33.8 Å². The Bertz CT molecular complexity index is 1740. The van der Waals surface area contributed by atoms with Crippen LogP contribution in [0.2, 0.25) is 0 Å². The van der Waals surface area contributed by atoms with Gasteiger partial charge in [0.2, 0.25) is 0 Å². The Labute approximate surface area is 543 Å². The van der Waals surface area contributed by atoms with Crippen LogP contribution in [-0.4, -0.2) is 96.7 Å². The van der Waals surface area contributed by atoms with Crippen molar-refractivity contribution >= 4 is 39.5 Å². The number of esters is 4. The lowest BCUT2D eigenvalue weighted by Crippen LogP contribution is -2.30. The molecule has 19 heteroatoms. The Balaban J connectivity index is 5.16. The van der Waals surface area contributed by atoms with Gasteiger partial charge in [0, 0.05) is 25.7 Å². The van der Waals surface area contributed by atoms with Crippen LogP contribution in [0, 0.1) is 11.8 Å². The molecule has 0 aromatic rings. The summed E-state index contributed by atoms with van der Waals surface area (Å²) in [6, 6.07) is 0. The summed E-state index contributed by atoms with van der Waals surface area (Å²) in [5.74, 6) is -0.507. The van der Waals surface area contributed by atoms with Gasteiger partial charge in [0.15, 0.2) is 12.2 Å². The molecule has 6 atom stereocenters. The maximum absolute atomic E-state index is 13.0. The van der Waals surface area contributed by atoms with E-state index in [0.29, 0.717) is 25.7 Å². The highest BCUT2D eigenvalue weighted by Crippen LogP contribution is 2.45. The first-order valence-electron chi connectivity index (χ1n) is 36.5. The van der Waals surface area contributed by atoms with E-state index in [0.717, 1.165) is 108 Å². The van der Waals surface area contributed by atoms with E-state index >= 15 is 0 Å². The van der Waals surface area contributed by atoms with Crippen molar-refractivity contribution in [3.63, 3.8) is 0 Å². The summed E-state index contributed by atoms with van der Waals surface area (Å²) in [5.41, 5.74) is 0. The molecule has 0 aromatic heterocycles. The summed E-state index contributed by atoms with van der Waals surface area (Å²) in [4.78, 5) is 72.3. The minimum atomic E-state index is -4.95. The number of hydrogen-bond acceptors (Lipinski definition) is 15. The number of hydrogen-bond donors (Lipinski definition) is 3. The van der Waals surface area contributed by atoms with Gasteiger partial charge in [0.1, 0.15) is 19.3 Å². The zero-order valence-electron chi connectivity index (χ0n) is 57.7. The molecule has 0 amide bonds. The molecule has 0 radical (unpaired) electrons. The molecular formula is C70H136O17P2. The van der Waals surface area contributed by atoms with Crippen molar-refractivity contribution in [2.75, 3.05) is 39.6 Å². The summed E-state index contributed by atoms with van der Waals surface area (Å²) in [7, 11) is -9.89. The molecule has 17 nitrogen and oxygen atoms in total. The zero-order valence-corrected chi connectivity index (χ0v) is 59.5. The van der Waals surface area contributed by atoms with Crippen LogP contribution in [0.5, 0.6) is 0 Å². The van der Waals surface area contributed by atoms with E-state index in [1.54, 1.807) is 0 Å². The maximum atomic E-state index is 13.0. The molecule has 0 rings (SSSR count). The van der Waals surface area contributed by atoms with Gasteiger partial charge in [-0.1, -0.05) is 305 Å². The Kier molecular flexibility index (Phi) is 60.8. The molecule has 0 aliphatic rings. The maximum Gasteiger partial charge on any atom is 0.472 e. The smallest absolute Gasteiger partial charge is 0.462 e. The predicted octanol–water partition coefficient (Wildman–Crippen LogP) is 20.0. The third kappa shape index (κ3) is 63.2. The highest BCUT2D eigenvalue weighted by Gasteiger charge is 2.30. The van der Waals surface area contributed by atoms with Crippen LogP contribution in [0.3, 0.4) is 0 Å². The van der Waals surface area contributed by atoms with Crippen molar-refractivity contribution in [2.24, 2.45) is 11.8 Å². The van der Waals surface area contributed by atoms with E-state index in [4.69, 9.17) is 37.0 Å². The molecule has 528 valence electrons. The number of aliphatic hydroxyl groups is 1. The number of aliphatic hydroxyl groups excluding tert-OH is 1. The van der Waals surface area contributed by atoms with Crippen LogP contribution < -0.4 is 0 Å². The van der Waals surface area contributed by atoms with E-state index in [1.807, 2.05) is 0 Å². The van der Waals surface area contributed by atoms with Gasteiger partial charge in [0.25, 0.3) is 0 Å². The van der Waals surface area contributed by atoms with Crippen molar-refractivity contribution in [3.8, 4) is 0 Å². The zero-order chi connectivity index (χ0) is 65.7. The van der Waals surface area contributed by atoms with Crippen molar-refractivity contribution in [3.05, 3.63) is 0 Å². The van der Waals surface area contributed by atoms with Gasteiger partial charge in [-0.15, -0.1) is 0 Å². The minimum absolute atomic E-state index is 0.106. The summed E-state index contributed by atoms with van der Waals surface area (Å²) >= 11 is 0. The van der Waals surface area contributed by atoms with E-state index < -0.39 is 97.5 Å². The van der Waals surface area contributed by atoms with Crippen LogP contribution in [-0.2, 0) is 65.4 Å². The lowest BCUT2D eigenvalue weighted by Gasteiger charge is -2.21. The number of unbranched alkanes of at least 4 members (excludes halogenated alkanes) is 38. The molecule has 0 bridgehead atoms. The number of phosphoric ester groups is 2. The number of rotatable bonds is 69. The van der Waals surface area contributed by atoms with Crippen molar-refractivity contribution in [1.29, 1.82) is 0 Å². The fourth-order valence-electron chi connectivity index (χ4n) is 10.6. The Morgan fingerprint density at radius 2 is 0.573 bits per heavy atom. The average Bonchev–Trinajstić information content (AvgIpc) is 3.63. The first-order chi connectivity index (χ1) is 42.9. The third-order valence-corrected chi connectivity index (χ3v) is 18.5. The summed E-state index contributed by atoms with van der Waals surface area (Å²) in [6.45, 7) is 9.52. The molecule has 3 unspecified atom stereocenters. The van der Waals surface area contributed by atoms with Gasteiger partial charge in [-0.05, 0) is 37.5 Å². The lowest BCUT2D eigenvalue weighted by molar-refractivity contribution is -0.161. The Morgan fingerprint density at radius 3 is 0.854 bits per heavy atom. The van der Waals surface area contributed by atoms with E-state index in [-0.39, 0.29) is 25.7 Å². The van der Waals surface area contributed by atoms with Crippen molar-refractivity contribution in [1.82, 2.24) is 0 Å². The Hall–Kier alpha value is -1.94. The van der Waals surface area contributed by atoms with E-state index in [9.17, 15) is 43.2 Å². The fourth-order valence-corrected chi connectivity index (χ4v) is 12.1. The lowest BCUT2D eigenvalue weighted by atomic mass is 9.99. The number of carbonyl (C=O) groups excluding carboxylic acids is 4. The summed E-state index contributed by atoms with van der Waals surface area (Å²) in [5, 5.41) is 10.6. The molecule has 0 heterocycles. The van der Waals surface area contributed by atoms with Gasteiger partial charge in [-0.3, -0.25) is 37.3 Å². The van der Waals surface area contributed by atoms with E-state index in [2.05, 4.69) is 41.5 Å². The molecule has 0 saturated heterocycles.